The summed E-state index contributed by atoms with van der Waals surface area (Å²) in [5.41, 5.74) is 0. The number of nitrogens with zero attached hydrogens (tertiary/aromatic N) is 1. The molecular formula is C7H16BrNO. The van der Waals surface area contributed by atoms with E-state index in [1.54, 1.807) is 0 Å². The number of aliphatic hydroxyl groups excluding tert-OH is 1. The average molecular weight is 210 g/mol. The van der Waals surface area contributed by atoms with E-state index in [1.807, 2.05) is 6.92 Å². The Labute approximate surface area is 73.0 Å². The first-order chi connectivity index (χ1) is 4.30. The highest BCUT2D eigenvalue weighted by molar-refractivity contribution is 8.93. The van der Waals surface area contributed by atoms with Crippen LogP contribution in [0.15, 0.2) is 0 Å². The molecule has 1 saturated heterocycles. The Morgan fingerprint density at radius 3 is 2.00 bits per heavy atom. The average Bonchev–Trinajstić information content (AvgIpc) is 1.90. The van der Waals surface area contributed by atoms with Crippen LogP contribution in [0.25, 0.3) is 0 Å². The molecule has 1 unspecified atom stereocenters. The van der Waals surface area contributed by atoms with Gasteiger partial charge in [-0.1, -0.05) is 6.42 Å². The molecule has 62 valence electrons. The zero-order valence-corrected chi connectivity index (χ0v) is 8.13. The predicted octanol–water partition coefficient (Wildman–Crippen LogP) is 1.39. The Hall–Kier alpha value is 0.400. The van der Waals surface area contributed by atoms with Crippen molar-refractivity contribution in [1.29, 1.82) is 0 Å². The van der Waals surface area contributed by atoms with Gasteiger partial charge in [0.2, 0.25) is 0 Å². The third-order valence-electron chi connectivity index (χ3n) is 1.92. The van der Waals surface area contributed by atoms with Gasteiger partial charge in [-0.25, -0.2) is 0 Å². The molecular weight excluding hydrogens is 194 g/mol. The number of aliphatic hydroxyl groups is 1. The molecule has 10 heavy (non-hydrogen) atoms. The lowest BCUT2D eigenvalue weighted by Gasteiger charge is -2.28. The lowest BCUT2D eigenvalue weighted by molar-refractivity contribution is 0.00665. The smallest absolute Gasteiger partial charge is 0.104 e. The molecule has 0 aliphatic carbocycles. The van der Waals surface area contributed by atoms with E-state index in [2.05, 4.69) is 4.90 Å². The summed E-state index contributed by atoms with van der Waals surface area (Å²) in [7, 11) is 0. The van der Waals surface area contributed by atoms with Gasteiger partial charge in [-0.3, -0.25) is 4.90 Å². The number of hydrogen-bond donors (Lipinski definition) is 1. The summed E-state index contributed by atoms with van der Waals surface area (Å²) in [6, 6.07) is 0. The van der Waals surface area contributed by atoms with Gasteiger partial charge in [-0.2, -0.15) is 0 Å². The number of likely N-dealkylation sites (tertiary alicyclic amines) is 1. The first-order valence-electron chi connectivity index (χ1n) is 3.73. The second-order valence-electron chi connectivity index (χ2n) is 2.73. The molecule has 2 nitrogen and oxygen atoms in total. The minimum absolute atomic E-state index is 0. The van der Waals surface area contributed by atoms with Gasteiger partial charge in [0, 0.05) is 13.1 Å². The van der Waals surface area contributed by atoms with Crippen LogP contribution in [0.2, 0.25) is 0 Å². The van der Waals surface area contributed by atoms with E-state index >= 15 is 0 Å². The van der Waals surface area contributed by atoms with E-state index in [9.17, 15) is 0 Å². The van der Waals surface area contributed by atoms with E-state index in [0.29, 0.717) is 0 Å². The summed E-state index contributed by atoms with van der Waals surface area (Å²) < 4.78 is 0. The maximum atomic E-state index is 9.10. The Morgan fingerprint density at radius 1 is 1.20 bits per heavy atom. The van der Waals surface area contributed by atoms with E-state index in [-0.39, 0.29) is 23.2 Å². The molecule has 1 rings (SSSR count). The van der Waals surface area contributed by atoms with Crippen molar-refractivity contribution in [3.05, 3.63) is 0 Å². The van der Waals surface area contributed by atoms with Gasteiger partial charge in [0.15, 0.2) is 0 Å². The highest BCUT2D eigenvalue weighted by atomic mass is 79.9. The van der Waals surface area contributed by atoms with Crippen LogP contribution in [0.1, 0.15) is 26.2 Å². The molecule has 0 spiro atoms. The standard InChI is InChI=1S/C7H15NO.BrH/c1-7(9)8-5-3-2-4-6-8;/h7,9H,2-6H2,1H3;1H. The van der Waals surface area contributed by atoms with E-state index in [4.69, 9.17) is 5.11 Å². The molecule has 1 heterocycles. The van der Waals surface area contributed by atoms with Crippen LogP contribution >= 0.6 is 17.0 Å². The molecule has 0 aromatic rings. The third kappa shape index (κ3) is 2.99. The molecule has 3 heteroatoms. The van der Waals surface area contributed by atoms with Crippen LogP contribution in [0.4, 0.5) is 0 Å². The zero-order chi connectivity index (χ0) is 6.69. The molecule has 0 aromatic carbocycles. The number of rotatable bonds is 1. The van der Waals surface area contributed by atoms with E-state index < -0.39 is 0 Å². The Kier molecular flexibility index (Phi) is 5.31. The molecule has 1 fully saturated rings. The van der Waals surface area contributed by atoms with Crippen molar-refractivity contribution in [2.45, 2.75) is 32.4 Å². The number of piperidine rings is 1. The van der Waals surface area contributed by atoms with Crippen LogP contribution in [0.5, 0.6) is 0 Å². The molecule has 0 amide bonds. The van der Waals surface area contributed by atoms with Gasteiger partial charge in [0.05, 0.1) is 0 Å². The van der Waals surface area contributed by atoms with Crippen molar-refractivity contribution in [3.63, 3.8) is 0 Å². The van der Waals surface area contributed by atoms with Crippen LogP contribution in [0, 0.1) is 0 Å². The summed E-state index contributed by atoms with van der Waals surface area (Å²) in [4.78, 5) is 2.11. The highest BCUT2D eigenvalue weighted by Crippen LogP contribution is 2.09. The quantitative estimate of drug-likeness (QED) is 0.706. The van der Waals surface area contributed by atoms with Crippen molar-refractivity contribution in [2.75, 3.05) is 13.1 Å². The summed E-state index contributed by atoms with van der Waals surface area (Å²) >= 11 is 0. The maximum Gasteiger partial charge on any atom is 0.104 e. The van der Waals surface area contributed by atoms with Gasteiger partial charge in [-0.05, 0) is 19.8 Å². The Balaban J connectivity index is 0.000000810. The fourth-order valence-electron chi connectivity index (χ4n) is 1.29. The normalized spacial score (nSPS) is 23.4. The Morgan fingerprint density at radius 2 is 1.70 bits per heavy atom. The SMILES string of the molecule is Br.CC(O)N1CCCCC1. The second kappa shape index (κ2) is 5.10. The highest BCUT2D eigenvalue weighted by Gasteiger charge is 2.12. The van der Waals surface area contributed by atoms with Crippen molar-refractivity contribution in [3.8, 4) is 0 Å². The van der Waals surface area contributed by atoms with Crippen molar-refractivity contribution in [2.24, 2.45) is 0 Å². The number of hydrogen-bond acceptors (Lipinski definition) is 2. The zero-order valence-electron chi connectivity index (χ0n) is 6.42. The summed E-state index contributed by atoms with van der Waals surface area (Å²) in [6.45, 7) is 4.00. The van der Waals surface area contributed by atoms with Crippen molar-refractivity contribution >= 4 is 17.0 Å². The molecule has 1 aliphatic heterocycles. The molecule has 1 aliphatic rings. The predicted molar refractivity (Wildman–Crippen MR) is 47.4 cm³/mol. The van der Waals surface area contributed by atoms with Crippen LogP contribution in [-0.4, -0.2) is 29.3 Å². The van der Waals surface area contributed by atoms with Crippen LogP contribution < -0.4 is 0 Å². The van der Waals surface area contributed by atoms with E-state index in [0.717, 1.165) is 13.1 Å². The van der Waals surface area contributed by atoms with Crippen molar-refractivity contribution < 1.29 is 5.11 Å². The molecule has 0 aromatic heterocycles. The van der Waals surface area contributed by atoms with Gasteiger partial charge in [-0.15, -0.1) is 17.0 Å². The van der Waals surface area contributed by atoms with Gasteiger partial charge >= 0.3 is 0 Å². The first-order valence-corrected chi connectivity index (χ1v) is 3.73. The largest absolute Gasteiger partial charge is 0.379 e. The second-order valence-corrected chi connectivity index (χ2v) is 2.73. The fourth-order valence-corrected chi connectivity index (χ4v) is 1.29. The fraction of sp³-hybridized carbons (Fsp3) is 1.00. The van der Waals surface area contributed by atoms with Crippen LogP contribution in [-0.2, 0) is 0 Å². The van der Waals surface area contributed by atoms with Gasteiger partial charge in [0.1, 0.15) is 6.23 Å². The molecule has 1 N–H and O–H groups in total. The minimum atomic E-state index is -0.231. The molecule has 0 bridgehead atoms. The topological polar surface area (TPSA) is 23.5 Å². The Bertz CT molecular complexity index is 81.7. The maximum absolute atomic E-state index is 9.10. The van der Waals surface area contributed by atoms with Crippen LogP contribution in [0.3, 0.4) is 0 Å². The monoisotopic (exact) mass is 209 g/mol. The third-order valence-corrected chi connectivity index (χ3v) is 1.92. The van der Waals surface area contributed by atoms with E-state index in [1.165, 1.54) is 19.3 Å². The molecule has 0 radical (unpaired) electrons. The lowest BCUT2D eigenvalue weighted by Crippen LogP contribution is -2.36. The summed E-state index contributed by atoms with van der Waals surface area (Å²) in [6.07, 6.45) is 3.62. The minimum Gasteiger partial charge on any atom is -0.379 e. The first kappa shape index (κ1) is 10.4. The van der Waals surface area contributed by atoms with Crippen molar-refractivity contribution in [1.82, 2.24) is 4.90 Å². The number of halogens is 1. The molecule has 1 atom stereocenters. The molecule has 0 saturated carbocycles. The summed E-state index contributed by atoms with van der Waals surface area (Å²) in [5, 5.41) is 9.10. The van der Waals surface area contributed by atoms with Gasteiger partial charge < -0.3 is 5.11 Å². The summed E-state index contributed by atoms with van der Waals surface area (Å²) in [5.74, 6) is 0. The lowest BCUT2D eigenvalue weighted by atomic mass is 10.1. The van der Waals surface area contributed by atoms with Gasteiger partial charge in [0.25, 0.3) is 0 Å².